The molecule has 1 nitrogen and oxygen atoms in total. The van der Waals surface area contributed by atoms with Gasteiger partial charge in [-0.05, 0) is 17.4 Å². The number of benzene rings is 1. The first-order valence-corrected chi connectivity index (χ1v) is 7.31. The van der Waals surface area contributed by atoms with Gasteiger partial charge in [0.1, 0.15) is 0 Å². The van der Waals surface area contributed by atoms with Crippen LogP contribution in [0.15, 0.2) is 43.0 Å². The van der Waals surface area contributed by atoms with Crippen LogP contribution >= 0.6 is 22.6 Å². The van der Waals surface area contributed by atoms with Crippen LogP contribution in [0.3, 0.4) is 0 Å². The zero-order chi connectivity index (χ0) is 11.4. The van der Waals surface area contributed by atoms with Crippen molar-refractivity contribution >= 4 is 22.6 Å². The van der Waals surface area contributed by atoms with Gasteiger partial charge >= 0.3 is 0 Å². The molecule has 0 amide bonds. The fraction of sp³-hybridized carbons (Fsp3) is 0.429. The Kier molecular flexibility index (Phi) is 4.41. The topological polar surface area (TPSA) is 3.24 Å². The Morgan fingerprint density at radius 1 is 1.31 bits per heavy atom. The third-order valence-corrected chi connectivity index (χ3v) is 4.45. The first kappa shape index (κ1) is 12.1. The summed E-state index contributed by atoms with van der Waals surface area (Å²) >= 11 is 2.49. The molecule has 0 aromatic heterocycles. The summed E-state index contributed by atoms with van der Waals surface area (Å²) < 4.78 is 1.24. The van der Waals surface area contributed by atoms with Crippen molar-refractivity contribution in [3.63, 3.8) is 0 Å². The van der Waals surface area contributed by atoms with Crippen molar-refractivity contribution in [1.82, 2.24) is 4.90 Å². The summed E-state index contributed by atoms with van der Waals surface area (Å²) in [5, 5.41) is 0. The first-order valence-electron chi connectivity index (χ1n) is 5.78. The number of halogens is 1. The van der Waals surface area contributed by atoms with Crippen molar-refractivity contribution < 1.29 is 0 Å². The third-order valence-electron chi connectivity index (χ3n) is 3.32. The molecule has 0 saturated carbocycles. The Hall–Kier alpha value is -0.350. The van der Waals surface area contributed by atoms with Gasteiger partial charge in [0.2, 0.25) is 0 Å². The van der Waals surface area contributed by atoms with Crippen molar-refractivity contribution in [2.24, 2.45) is 11.8 Å². The lowest BCUT2D eigenvalue weighted by molar-refractivity contribution is 0.318. The molecule has 0 N–H and O–H groups in total. The molecule has 1 saturated heterocycles. The Bertz CT molecular complexity index is 336. The SMILES string of the molecule is C=C[C@H]1CN(Cc2ccccc2)C[C@H]1CI. The highest BCUT2D eigenvalue weighted by atomic mass is 127. The van der Waals surface area contributed by atoms with E-state index in [-0.39, 0.29) is 0 Å². The molecule has 86 valence electrons. The standard InChI is InChI=1S/C14H18IN/c1-2-13-10-16(11-14(13)8-15)9-12-6-4-3-5-7-12/h2-7,13-14H,1,8-11H2/t13-,14+/m0/s1. The van der Waals surface area contributed by atoms with Gasteiger partial charge in [0, 0.05) is 24.1 Å². The summed E-state index contributed by atoms with van der Waals surface area (Å²) in [6.07, 6.45) is 2.13. The van der Waals surface area contributed by atoms with Gasteiger partial charge in [-0.15, -0.1) is 6.58 Å². The van der Waals surface area contributed by atoms with E-state index >= 15 is 0 Å². The van der Waals surface area contributed by atoms with Gasteiger partial charge in [0.05, 0.1) is 0 Å². The third kappa shape index (κ3) is 2.86. The molecule has 0 aliphatic carbocycles. The Morgan fingerprint density at radius 3 is 2.62 bits per heavy atom. The molecule has 0 spiro atoms. The van der Waals surface area contributed by atoms with Crippen molar-refractivity contribution in [3.8, 4) is 0 Å². The largest absolute Gasteiger partial charge is 0.298 e. The molecule has 1 heterocycles. The van der Waals surface area contributed by atoms with Gasteiger partial charge < -0.3 is 0 Å². The monoisotopic (exact) mass is 327 g/mol. The molecule has 1 aliphatic rings. The van der Waals surface area contributed by atoms with Gasteiger partial charge in [-0.3, -0.25) is 4.90 Å². The van der Waals surface area contributed by atoms with E-state index in [0.29, 0.717) is 5.92 Å². The second-order valence-electron chi connectivity index (χ2n) is 4.49. The smallest absolute Gasteiger partial charge is 0.0234 e. The normalized spacial score (nSPS) is 25.8. The molecular weight excluding hydrogens is 309 g/mol. The van der Waals surface area contributed by atoms with E-state index in [9.17, 15) is 0 Å². The van der Waals surface area contributed by atoms with E-state index in [1.165, 1.54) is 23.1 Å². The highest BCUT2D eigenvalue weighted by molar-refractivity contribution is 14.1. The summed E-state index contributed by atoms with van der Waals surface area (Å²) in [6, 6.07) is 10.7. The van der Waals surface area contributed by atoms with E-state index in [4.69, 9.17) is 0 Å². The summed E-state index contributed by atoms with van der Waals surface area (Å²) in [5.41, 5.74) is 1.42. The van der Waals surface area contributed by atoms with E-state index in [1.54, 1.807) is 0 Å². The molecule has 1 fully saturated rings. The molecule has 16 heavy (non-hydrogen) atoms. The van der Waals surface area contributed by atoms with E-state index in [0.717, 1.165) is 12.5 Å². The minimum Gasteiger partial charge on any atom is -0.298 e. The second kappa shape index (κ2) is 5.82. The lowest BCUT2D eigenvalue weighted by Gasteiger charge is -2.15. The minimum absolute atomic E-state index is 0.681. The van der Waals surface area contributed by atoms with E-state index in [2.05, 4.69) is 70.5 Å². The maximum atomic E-state index is 3.95. The summed E-state index contributed by atoms with van der Waals surface area (Å²) in [6.45, 7) is 7.42. The predicted octanol–water partition coefficient (Wildman–Crippen LogP) is 3.36. The Morgan fingerprint density at radius 2 is 2.06 bits per heavy atom. The van der Waals surface area contributed by atoms with Gasteiger partial charge in [-0.1, -0.05) is 59.0 Å². The highest BCUT2D eigenvalue weighted by Gasteiger charge is 2.29. The molecule has 0 radical (unpaired) electrons. The van der Waals surface area contributed by atoms with Crippen LogP contribution < -0.4 is 0 Å². The summed E-state index contributed by atoms with van der Waals surface area (Å²) in [5.74, 6) is 1.47. The van der Waals surface area contributed by atoms with Crippen molar-refractivity contribution in [1.29, 1.82) is 0 Å². The first-order chi connectivity index (χ1) is 7.83. The molecular formula is C14H18IN. The Labute approximate surface area is 112 Å². The zero-order valence-electron chi connectivity index (χ0n) is 9.48. The van der Waals surface area contributed by atoms with Crippen LogP contribution in [0.4, 0.5) is 0 Å². The minimum atomic E-state index is 0.681. The molecule has 2 heteroatoms. The average molecular weight is 327 g/mol. The fourth-order valence-corrected chi connectivity index (χ4v) is 3.32. The zero-order valence-corrected chi connectivity index (χ0v) is 11.6. The maximum absolute atomic E-state index is 3.95. The van der Waals surface area contributed by atoms with Crippen LogP contribution in [0.1, 0.15) is 5.56 Å². The number of nitrogens with zero attached hydrogens (tertiary/aromatic N) is 1. The lowest BCUT2D eigenvalue weighted by Crippen LogP contribution is -2.20. The number of hydrogen-bond acceptors (Lipinski definition) is 1. The quantitative estimate of drug-likeness (QED) is 0.466. The molecule has 0 unspecified atom stereocenters. The molecule has 1 aromatic rings. The molecule has 2 atom stereocenters. The van der Waals surface area contributed by atoms with Crippen molar-refractivity contribution in [2.75, 3.05) is 17.5 Å². The van der Waals surface area contributed by atoms with E-state index in [1.807, 2.05) is 0 Å². The second-order valence-corrected chi connectivity index (χ2v) is 5.37. The van der Waals surface area contributed by atoms with Gasteiger partial charge in [-0.2, -0.15) is 0 Å². The summed E-state index contributed by atoms with van der Waals surface area (Å²) in [7, 11) is 0. The van der Waals surface area contributed by atoms with Gasteiger partial charge in [-0.25, -0.2) is 0 Å². The van der Waals surface area contributed by atoms with E-state index < -0.39 is 0 Å². The maximum Gasteiger partial charge on any atom is 0.0234 e. The average Bonchev–Trinajstić information content (AvgIpc) is 2.72. The van der Waals surface area contributed by atoms with Crippen LogP contribution in [0, 0.1) is 11.8 Å². The van der Waals surface area contributed by atoms with Crippen LogP contribution in [-0.4, -0.2) is 22.4 Å². The molecule has 1 aromatic carbocycles. The summed E-state index contributed by atoms with van der Waals surface area (Å²) in [4.78, 5) is 2.55. The fourth-order valence-electron chi connectivity index (χ4n) is 2.39. The van der Waals surface area contributed by atoms with Crippen molar-refractivity contribution in [2.45, 2.75) is 6.54 Å². The number of alkyl halides is 1. The van der Waals surface area contributed by atoms with Crippen LogP contribution in [0.5, 0.6) is 0 Å². The van der Waals surface area contributed by atoms with Gasteiger partial charge in [0.15, 0.2) is 0 Å². The number of likely N-dealkylation sites (tertiary alicyclic amines) is 1. The lowest BCUT2D eigenvalue weighted by atomic mass is 9.99. The number of rotatable bonds is 4. The molecule has 2 rings (SSSR count). The number of hydrogen-bond donors (Lipinski definition) is 0. The Balaban J connectivity index is 1.96. The van der Waals surface area contributed by atoms with Crippen molar-refractivity contribution in [3.05, 3.63) is 48.6 Å². The van der Waals surface area contributed by atoms with Crippen LogP contribution in [-0.2, 0) is 6.54 Å². The molecule has 1 aliphatic heterocycles. The van der Waals surface area contributed by atoms with Crippen LogP contribution in [0.2, 0.25) is 0 Å². The van der Waals surface area contributed by atoms with Crippen LogP contribution in [0.25, 0.3) is 0 Å². The van der Waals surface area contributed by atoms with Gasteiger partial charge in [0.25, 0.3) is 0 Å². The predicted molar refractivity (Wildman–Crippen MR) is 77.8 cm³/mol. The molecule has 0 bridgehead atoms. The highest BCUT2D eigenvalue weighted by Crippen LogP contribution is 2.27.